The number of fused-ring (bicyclic) bond motifs is 1. The highest BCUT2D eigenvalue weighted by molar-refractivity contribution is 5.77. The van der Waals surface area contributed by atoms with Crippen LogP contribution < -0.4 is 10.3 Å². The SMILES string of the molecule is Cc1ccc2ncn(CCOc3ccc(C#N)cc3)c(=O)c2c1. The average molecular weight is 305 g/mol. The Kier molecular flexibility index (Phi) is 4.07. The molecule has 1 heterocycles. The largest absolute Gasteiger partial charge is 0.492 e. The predicted molar refractivity (Wildman–Crippen MR) is 87.4 cm³/mol. The van der Waals surface area contributed by atoms with Crippen molar-refractivity contribution in [2.24, 2.45) is 0 Å². The lowest BCUT2D eigenvalue weighted by Gasteiger charge is -2.09. The smallest absolute Gasteiger partial charge is 0.261 e. The number of hydrogen-bond acceptors (Lipinski definition) is 4. The minimum atomic E-state index is -0.0675. The van der Waals surface area contributed by atoms with Gasteiger partial charge in [0, 0.05) is 0 Å². The number of rotatable bonds is 4. The summed E-state index contributed by atoms with van der Waals surface area (Å²) in [5, 5.41) is 9.37. The summed E-state index contributed by atoms with van der Waals surface area (Å²) in [6.45, 7) is 2.71. The van der Waals surface area contributed by atoms with Crippen LogP contribution in [0.2, 0.25) is 0 Å². The Morgan fingerprint density at radius 3 is 2.74 bits per heavy atom. The van der Waals surface area contributed by atoms with Crippen LogP contribution in [0.1, 0.15) is 11.1 Å². The first-order valence-electron chi connectivity index (χ1n) is 7.26. The molecular formula is C18H15N3O2. The number of nitrogens with zero attached hydrogens (tertiary/aromatic N) is 3. The van der Waals surface area contributed by atoms with E-state index in [1.807, 2.05) is 25.1 Å². The topological polar surface area (TPSA) is 67.9 Å². The molecule has 2 aromatic carbocycles. The van der Waals surface area contributed by atoms with Gasteiger partial charge in [-0.1, -0.05) is 11.6 Å². The summed E-state index contributed by atoms with van der Waals surface area (Å²) >= 11 is 0. The lowest BCUT2D eigenvalue weighted by molar-refractivity contribution is 0.296. The minimum Gasteiger partial charge on any atom is -0.492 e. The van der Waals surface area contributed by atoms with Crippen LogP contribution in [0.3, 0.4) is 0 Å². The van der Waals surface area contributed by atoms with Crippen LogP contribution in [0.5, 0.6) is 5.75 Å². The molecule has 0 saturated carbocycles. The second-order valence-corrected chi connectivity index (χ2v) is 5.25. The van der Waals surface area contributed by atoms with Crippen molar-refractivity contribution < 1.29 is 4.74 Å². The number of aromatic nitrogens is 2. The molecule has 5 nitrogen and oxygen atoms in total. The highest BCUT2D eigenvalue weighted by Crippen LogP contribution is 2.12. The fourth-order valence-electron chi connectivity index (χ4n) is 2.32. The number of aryl methyl sites for hydroxylation is 1. The lowest BCUT2D eigenvalue weighted by Crippen LogP contribution is -2.23. The Hall–Kier alpha value is -3.13. The van der Waals surface area contributed by atoms with Crippen molar-refractivity contribution in [3.63, 3.8) is 0 Å². The van der Waals surface area contributed by atoms with Gasteiger partial charge in [0.2, 0.25) is 0 Å². The standard InChI is InChI=1S/C18H15N3O2/c1-13-2-7-17-16(10-13)18(22)21(12-20-17)8-9-23-15-5-3-14(11-19)4-6-15/h2-7,10,12H,8-9H2,1H3. The second kappa shape index (κ2) is 6.32. The summed E-state index contributed by atoms with van der Waals surface area (Å²) in [6, 6.07) is 14.6. The van der Waals surface area contributed by atoms with Gasteiger partial charge in [-0.3, -0.25) is 9.36 Å². The molecule has 0 aliphatic heterocycles. The van der Waals surface area contributed by atoms with Crippen molar-refractivity contribution >= 4 is 10.9 Å². The highest BCUT2D eigenvalue weighted by Gasteiger charge is 2.04. The molecule has 3 aromatic rings. The molecule has 5 heteroatoms. The molecule has 0 N–H and O–H groups in total. The van der Waals surface area contributed by atoms with Crippen LogP contribution in [0, 0.1) is 18.3 Å². The van der Waals surface area contributed by atoms with Gasteiger partial charge in [-0.25, -0.2) is 4.98 Å². The molecule has 0 bridgehead atoms. The molecule has 0 aliphatic rings. The van der Waals surface area contributed by atoms with Gasteiger partial charge in [0.1, 0.15) is 12.4 Å². The number of hydrogen-bond donors (Lipinski definition) is 0. The van der Waals surface area contributed by atoms with Crippen molar-refractivity contribution in [1.82, 2.24) is 9.55 Å². The normalized spacial score (nSPS) is 10.4. The monoisotopic (exact) mass is 305 g/mol. The summed E-state index contributed by atoms with van der Waals surface area (Å²) < 4.78 is 7.15. The third kappa shape index (κ3) is 3.22. The Labute approximate surface area is 133 Å². The van der Waals surface area contributed by atoms with Crippen LogP contribution in [-0.4, -0.2) is 16.2 Å². The Morgan fingerprint density at radius 1 is 1.22 bits per heavy atom. The predicted octanol–water partition coefficient (Wildman–Crippen LogP) is 2.66. The molecule has 0 saturated heterocycles. The fraction of sp³-hybridized carbons (Fsp3) is 0.167. The third-order valence-corrected chi connectivity index (χ3v) is 3.56. The third-order valence-electron chi connectivity index (χ3n) is 3.56. The first kappa shape index (κ1) is 14.8. The number of ether oxygens (including phenoxy) is 1. The van der Waals surface area contributed by atoms with E-state index >= 15 is 0 Å². The second-order valence-electron chi connectivity index (χ2n) is 5.25. The van der Waals surface area contributed by atoms with Crippen LogP contribution in [-0.2, 0) is 6.54 Å². The lowest BCUT2D eigenvalue weighted by atomic mass is 10.2. The molecule has 1 aromatic heterocycles. The van der Waals surface area contributed by atoms with Gasteiger partial charge in [-0.2, -0.15) is 5.26 Å². The van der Waals surface area contributed by atoms with E-state index in [0.717, 1.165) is 5.56 Å². The minimum absolute atomic E-state index is 0.0675. The first-order chi connectivity index (χ1) is 11.2. The van der Waals surface area contributed by atoms with E-state index in [2.05, 4.69) is 11.1 Å². The maximum absolute atomic E-state index is 12.4. The summed E-state index contributed by atoms with van der Waals surface area (Å²) in [7, 11) is 0. The van der Waals surface area contributed by atoms with E-state index in [9.17, 15) is 4.79 Å². The molecule has 114 valence electrons. The summed E-state index contributed by atoms with van der Waals surface area (Å²) in [5.74, 6) is 0.668. The molecule has 0 unspecified atom stereocenters. The van der Waals surface area contributed by atoms with E-state index in [4.69, 9.17) is 10.00 Å². The summed E-state index contributed by atoms with van der Waals surface area (Å²) in [5.41, 5.74) is 2.25. The number of benzene rings is 2. The van der Waals surface area contributed by atoms with Crippen molar-refractivity contribution in [3.05, 3.63) is 70.3 Å². The van der Waals surface area contributed by atoms with Gasteiger partial charge in [0.25, 0.3) is 5.56 Å². The zero-order valence-electron chi connectivity index (χ0n) is 12.7. The van der Waals surface area contributed by atoms with Gasteiger partial charge in [-0.15, -0.1) is 0 Å². The van der Waals surface area contributed by atoms with Gasteiger partial charge < -0.3 is 4.74 Å². The zero-order valence-corrected chi connectivity index (χ0v) is 12.7. The molecule has 0 amide bonds. The highest BCUT2D eigenvalue weighted by atomic mass is 16.5. The Bertz CT molecular complexity index is 937. The average Bonchev–Trinajstić information content (AvgIpc) is 2.58. The van der Waals surface area contributed by atoms with E-state index in [0.29, 0.717) is 35.4 Å². The summed E-state index contributed by atoms with van der Waals surface area (Å²) in [4.78, 5) is 16.7. The van der Waals surface area contributed by atoms with Crippen LogP contribution >= 0.6 is 0 Å². The maximum Gasteiger partial charge on any atom is 0.261 e. The first-order valence-corrected chi connectivity index (χ1v) is 7.26. The zero-order chi connectivity index (χ0) is 16.2. The van der Waals surface area contributed by atoms with E-state index in [1.165, 1.54) is 0 Å². The van der Waals surface area contributed by atoms with Gasteiger partial charge in [-0.05, 0) is 43.3 Å². The van der Waals surface area contributed by atoms with E-state index < -0.39 is 0 Å². The van der Waals surface area contributed by atoms with Gasteiger partial charge in [0.15, 0.2) is 0 Å². The molecular weight excluding hydrogens is 290 g/mol. The van der Waals surface area contributed by atoms with Crippen molar-refractivity contribution in [2.45, 2.75) is 13.5 Å². The van der Waals surface area contributed by atoms with Crippen LogP contribution in [0.15, 0.2) is 53.6 Å². The van der Waals surface area contributed by atoms with Gasteiger partial charge >= 0.3 is 0 Å². The molecule has 23 heavy (non-hydrogen) atoms. The van der Waals surface area contributed by atoms with Crippen molar-refractivity contribution in [2.75, 3.05) is 6.61 Å². The molecule has 0 aliphatic carbocycles. The maximum atomic E-state index is 12.4. The van der Waals surface area contributed by atoms with Crippen LogP contribution in [0.4, 0.5) is 0 Å². The van der Waals surface area contributed by atoms with Crippen molar-refractivity contribution in [3.8, 4) is 11.8 Å². The van der Waals surface area contributed by atoms with Crippen LogP contribution in [0.25, 0.3) is 10.9 Å². The van der Waals surface area contributed by atoms with Crippen molar-refractivity contribution in [1.29, 1.82) is 5.26 Å². The molecule has 0 atom stereocenters. The van der Waals surface area contributed by atoms with E-state index in [1.54, 1.807) is 35.2 Å². The fourth-order valence-corrected chi connectivity index (χ4v) is 2.32. The molecule has 0 radical (unpaired) electrons. The number of nitriles is 1. The quantitative estimate of drug-likeness (QED) is 0.743. The van der Waals surface area contributed by atoms with Gasteiger partial charge in [0.05, 0.1) is 35.4 Å². The Morgan fingerprint density at radius 2 is 2.00 bits per heavy atom. The van der Waals surface area contributed by atoms with E-state index in [-0.39, 0.29) is 5.56 Å². The molecule has 0 fully saturated rings. The summed E-state index contributed by atoms with van der Waals surface area (Å²) in [6.07, 6.45) is 1.54. The molecule has 3 rings (SSSR count). The Balaban J connectivity index is 1.73. The molecule has 0 spiro atoms.